The van der Waals surface area contributed by atoms with Crippen LogP contribution in [0.5, 0.6) is 5.75 Å². The van der Waals surface area contributed by atoms with Crippen LogP contribution in [0.15, 0.2) is 94.3 Å². The number of aromatic amines is 1. The topological polar surface area (TPSA) is 101 Å². The van der Waals surface area contributed by atoms with Crippen molar-refractivity contribution < 1.29 is 18.6 Å². The number of nitrogens with one attached hydrogen (secondary N) is 2. The van der Waals surface area contributed by atoms with Gasteiger partial charge in [-0.1, -0.05) is 36.4 Å². The summed E-state index contributed by atoms with van der Waals surface area (Å²) in [6, 6.07) is 23.6. The first-order chi connectivity index (χ1) is 16.6. The average molecular weight is 453 g/mol. The predicted molar refractivity (Wildman–Crippen MR) is 127 cm³/mol. The predicted octanol–water partition coefficient (Wildman–Crippen LogP) is 3.79. The Kier molecular flexibility index (Phi) is 5.61. The molecule has 0 saturated carbocycles. The quantitative estimate of drug-likeness (QED) is 0.301. The largest absolute Gasteiger partial charge is 0.482 e. The van der Waals surface area contributed by atoms with Gasteiger partial charge >= 0.3 is 11.5 Å². The molecule has 3 aromatic heterocycles. The number of ether oxygens (including phenoxy) is 1. The van der Waals surface area contributed by atoms with Crippen molar-refractivity contribution in [2.45, 2.75) is 6.92 Å². The van der Waals surface area contributed by atoms with Crippen LogP contribution in [0.1, 0.15) is 5.69 Å². The molecule has 0 spiro atoms. The molecule has 8 nitrogen and oxygen atoms in total. The van der Waals surface area contributed by atoms with Gasteiger partial charge in [-0.25, -0.2) is 15.2 Å². The maximum absolute atomic E-state index is 12.6. The van der Waals surface area contributed by atoms with Crippen molar-refractivity contribution in [2.24, 2.45) is 0 Å². The van der Waals surface area contributed by atoms with Crippen LogP contribution in [0.4, 0.5) is 5.82 Å². The summed E-state index contributed by atoms with van der Waals surface area (Å²) in [7, 11) is 0. The Labute approximate surface area is 194 Å². The molecule has 0 aliphatic rings. The van der Waals surface area contributed by atoms with Gasteiger partial charge in [-0.05, 0) is 36.2 Å². The fraction of sp³-hybridized carbons (Fsp3) is 0.0769. The fourth-order valence-electron chi connectivity index (χ4n) is 3.71. The van der Waals surface area contributed by atoms with Crippen LogP contribution < -0.4 is 20.4 Å². The number of carbonyl (C=O) groups excluding carboxylic acids is 1. The number of hydrogen-bond donors (Lipinski definition) is 2. The second-order valence-electron chi connectivity index (χ2n) is 7.69. The van der Waals surface area contributed by atoms with E-state index < -0.39 is 5.63 Å². The summed E-state index contributed by atoms with van der Waals surface area (Å²) in [5, 5.41) is 6.75. The number of rotatable bonds is 6. The Hall–Kier alpha value is -4.72. The monoisotopic (exact) mass is 453 g/mol. The Bertz CT molecular complexity index is 1530. The Morgan fingerprint density at radius 1 is 1.06 bits per heavy atom. The second-order valence-corrected chi connectivity index (χ2v) is 7.69. The summed E-state index contributed by atoms with van der Waals surface area (Å²) in [5.41, 5.74) is 2.48. The summed E-state index contributed by atoms with van der Waals surface area (Å²) in [6.07, 6.45) is 1.68. The lowest BCUT2D eigenvalue weighted by molar-refractivity contribution is -0.645. The number of pyridine rings is 1. The summed E-state index contributed by atoms with van der Waals surface area (Å²) in [5.74, 6) is 1.26. The summed E-state index contributed by atoms with van der Waals surface area (Å²) in [4.78, 5) is 29.0. The van der Waals surface area contributed by atoms with Crippen LogP contribution in [0, 0.1) is 6.92 Å². The van der Waals surface area contributed by atoms with Gasteiger partial charge < -0.3 is 9.15 Å². The number of aromatic nitrogens is 3. The van der Waals surface area contributed by atoms with Crippen LogP contribution in [0.2, 0.25) is 0 Å². The zero-order valence-corrected chi connectivity index (χ0v) is 18.3. The number of benzene rings is 2. The molecule has 1 amide bonds. The van der Waals surface area contributed by atoms with Crippen LogP contribution in [0.3, 0.4) is 0 Å². The third kappa shape index (κ3) is 4.42. The standard InChI is InChI=1S/C26H20N4O4/c1-17-13-24(30(29-17)23-9-5-6-12-27-23)28-25(31)16-33-19-10-11-20-21(18-7-3-2-4-8-18)15-26(32)34-22(20)14-19/h2-15H,16H2,1H3,(H,28,29,31)/p+1. The van der Waals surface area contributed by atoms with Crippen molar-refractivity contribution in [3.8, 4) is 22.7 Å². The minimum absolute atomic E-state index is 0.222. The Morgan fingerprint density at radius 3 is 2.68 bits per heavy atom. The van der Waals surface area contributed by atoms with Gasteiger partial charge in [0.05, 0.1) is 0 Å². The number of aryl methyl sites for hydroxylation is 1. The molecule has 5 aromatic rings. The van der Waals surface area contributed by atoms with Crippen LogP contribution in [-0.2, 0) is 4.79 Å². The second kappa shape index (κ2) is 9.03. The SMILES string of the molecule is Cc1cc(NC(=O)COc2ccc3c(-c4ccccc4)cc(=O)oc3c2)[n+](-c2ccccn2)[nH]1. The van der Waals surface area contributed by atoms with E-state index >= 15 is 0 Å². The molecule has 5 rings (SSSR count). The first-order valence-electron chi connectivity index (χ1n) is 10.7. The first kappa shape index (κ1) is 21.1. The van der Waals surface area contributed by atoms with Gasteiger partial charge in [0.15, 0.2) is 6.61 Å². The summed E-state index contributed by atoms with van der Waals surface area (Å²) in [6.45, 7) is 1.67. The van der Waals surface area contributed by atoms with Crippen molar-refractivity contribution in [2.75, 3.05) is 11.9 Å². The van der Waals surface area contributed by atoms with E-state index in [-0.39, 0.29) is 12.5 Å². The highest BCUT2D eigenvalue weighted by Gasteiger charge is 2.18. The molecule has 8 heteroatoms. The lowest BCUT2D eigenvalue weighted by atomic mass is 10.0. The minimum Gasteiger partial charge on any atom is -0.482 e. The molecule has 3 heterocycles. The summed E-state index contributed by atoms with van der Waals surface area (Å²) < 4.78 is 12.7. The molecule has 0 atom stereocenters. The molecule has 2 N–H and O–H groups in total. The highest BCUT2D eigenvalue weighted by atomic mass is 16.5. The van der Waals surface area contributed by atoms with E-state index in [2.05, 4.69) is 15.4 Å². The van der Waals surface area contributed by atoms with E-state index in [0.717, 1.165) is 22.2 Å². The van der Waals surface area contributed by atoms with Crippen molar-refractivity contribution in [3.05, 3.63) is 101 Å². The average Bonchev–Trinajstić information content (AvgIpc) is 3.22. The van der Waals surface area contributed by atoms with Crippen molar-refractivity contribution >= 4 is 22.7 Å². The van der Waals surface area contributed by atoms with E-state index in [1.807, 2.05) is 67.6 Å². The normalized spacial score (nSPS) is 10.9. The Morgan fingerprint density at radius 2 is 1.88 bits per heavy atom. The molecule has 0 fully saturated rings. The van der Waals surface area contributed by atoms with Gasteiger partial charge in [0, 0.05) is 35.3 Å². The molecule has 2 aromatic carbocycles. The van der Waals surface area contributed by atoms with Gasteiger partial charge in [0.2, 0.25) is 0 Å². The van der Waals surface area contributed by atoms with E-state index in [0.29, 0.717) is 23.0 Å². The van der Waals surface area contributed by atoms with E-state index in [1.165, 1.54) is 6.07 Å². The molecule has 0 radical (unpaired) electrons. The number of nitrogens with zero attached hydrogens (tertiary/aromatic N) is 2. The van der Waals surface area contributed by atoms with Crippen LogP contribution in [0.25, 0.3) is 27.9 Å². The Balaban J connectivity index is 1.33. The van der Waals surface area contributed by atoms with Gasteiger partial charge in [0.1, 0.15) is 17.5 Å². The zero-order valence-electron chi connectivity index (χ0n) is 18.3. The zero-order chi connectivity index (χ0) is 23.5. The highest BCUT2D eigenvalue weighted by Crippen LogP contribution is 2.29. The van der Waals surface area contributed by atoms with Crippen molar-refractivity contribution in [3.63, 3.8) is 0 Å². The van der Waals surface area contributed by atoms with Gasteiger partial charge in [0.25, 0.3) is 11.6 Å². The molecule has 168 valence electrons. The van der Waals surface area contributed by atoms with E-state index in [9.17, 15) is 9.59 Å². The molecule has 0 bridgehead atoms. The fourth-order valence-corrected chi connectivity index (χ4v) is 3.71. The van der Waals surface area contributed by atoms with Gasteiger partial charge in [-0.3, -0.25) is 4.79 Å². The molecular weight excluding hydrogens is 432 g/mol. The highest BCUT2D eigenvalue weighted by molar-refractivity contribution is 5.94. The molecule has 0 unspecified atom stereocenters. The van der Waals surface area contributed by atoms with E-state index in [1.54, 1.807) is 23.0 Å². The molecule has 0 saturated heterocycles. The van der Waals surface area contributed by atoms with Gasteiger partial charge in [-0.2, -0.15) is 0 Å². The smallest absolute Gasteiger partial charge is 0.336 e. The van der Waals surface area contributed by atoms with Crippen LogP contribution in [-0.4, -0.2) is 22.6 Å². The molecular formula is C26H21N4O4+. The third-order valence-corrected chi connectivity index (χ3v) is 5.20. The van der Waals surface area contributed by atoms with Gasteiger partial charge in [-0.15, -0.1) is 9.67 Å². The summed E-state index contributed by atoms with van der Waals surface area (Å²) >= 11 is 0. The minimum atomic E-state index is -0.455. The van der Waals surface area contributed by atoms with Crippen molar-refractivity contribution in [1.29, 1.82) is 0 Å². The third-order valence-electron chi connectivity index (χ3n) is 5.20. The lowest BCUT2D eigenvalue weighted by Gasteiger charge is -2.08. The first-order valence-corrected chi connectivity index (χ1v) is 10.7. The number of H-pyrrole nitrogens is 1. The lowest BCUT2D eigenvalue weighted by Crippen LogP contribution is -2.38. The number of anilines is 1. The maximum atomic E-state index is 12.6. The van der Waals surface area contributed by atoms with E-state index in [4.69, 9.17) is 9.15 Å². The van der Waals surface area contributed by atoms with Crippen LogP contribution >= 0.6 is 0 Å². The number of hydrogen-bond acceptors (Lipinski definition) is 5. The maximum Gasteiger partial charge on any atom is 0.336 e. The molecule has 34 heavy (non-hydrogen) atoms. The number of fused-ring (bicyclic) bond motifs is 1. The molecule has 0 aliphatic carbocycles. The van der Waals surface area contributed by atoms with Crippen molar-refractivity contribution in [1.82, 2.24) is 10.1 Å². The number of amides is 1. The number of carbonyl (C=O) groups is 1. The molecule has 0 aliphatic heterocycles.